The molecule has 0 saturated heterocycles. The molecule has 0 aromatic heterocycles. The van der Waals surface area contributed by atoms with E-state index in [1.807, 2.05) is 6.07 Å². The van der Waals surface area contributed by atoms with Crippen molar-refractivity contribution in [3.05, 3.63) is 42.0 Å². The molecule has 0 aliphatic heterocycles. The van der Waals surface area contributed by atoms with Crippen molar-refractivity contribution in [3.63, 3.8) is 0 Å². The van der Waals surface area contributed by atoms with Gasteiger partial charge < -0.3 is 10.5 Å². The maximum Gasteiger partial charge on any atom is 0.119 e. The van der Waals surface area contributed by atoms with E-state index in [4.69, 9.17) is 10.5 Å². The minimum Gasteiger partial charge on any atom is -0.497 e. The Morgan fingerprint density at radius 1 is 1.10 bits per heavy atom. The lowest BCUT2D eigenvalue weighted by atomic mass is 9.94. The summed E-state index contributed by atoms with van der Waals surface area (Å²) in [5.74, 6) is 1.82. The summed E-state index contributed by atoms with van der Waals surface area (Å²) >= 11 is 0. The monoisotopic (exact) mass is 283 g/mol. The molecule has 2 nitrogen and oxygen atoms in total. The summed E-state index contributed by atoms with van der Waals surface area (Å²) in [6.45, 7) is 0. The molecular weight excluding hydrogens is 258 g/mol. The summed E-state index contributed by atoms with van der Waals surface area (Å²) in [6, 6.07) is 12.9. The molecule has 1 aliphatic carbocycles. The van der Waals surface area contributed by atoms with Crippen LogP contribution in [0.5, 0.6) is 5.75 Å². The van der Waals surface area contributed by atoms with Crippen LogP contribution in [0.2, 0.25) is 0 Å². The molecule has 0 heterocycles. The Hall–Kier alpha value is -1.54. The quantitative estimate of drug-likeness (QED) is 0.854. The van der Waals surface area contributed by atoms with Crippen LogP contribution in [0.15, 0.2) is 36.4 Å². The average molecular weight is 283 g/mol. The van der Waals surface area contributed by atoms with Gasteiger partial charge in [0.2, 0.25) is 0 Å². The fraction of sp³-hybridized carbons (Fsp3) is 0.474. The maximum atomic E-state index is 6.40. The number of methoxy groups -OCH3 is 1. The first kappa shape index (κ1) is 14.4. The van der Waals surface area contributed by atoms with Gasteiger partial charge in [-0.25, -0.2) is 0 Å². The highest BCUT2D eigenvalue weighted by atomic mass is 16.5. The lowest BCUT2D eigenvalue weighted by Gasteiger charge is -2.16. The van der Waals surface area contributed by atoms with Crippen LogP contribution in [0, 0.1) is 5.92 Å². The third kappa shape index (κ3) is 3.38. The molecule has 1 aliphatic rings. The number of fused-ring (bicyclic) bond motifs is 1. The number of rotatable bonds is 5. The minimum absolute atomic E-state index is 0.164. The molecule has 1 unspecified atom stereocenters. The molecule has 2 N–H and O–H groups in total. The highest BCUT2D eigenvalue weighted by molar-refractivity contribution is 5.84. The first-order valence-corrected chi connectivity index (χ1v) is 8.09. The molecule has 1 saturated carbocycles. The van der Waals surface area contributed by atoms with Crippen molar-refractivity contribution in [2.45, 2.75) is 44.6 Å². The summed E-state index contributed by atoms with van der Waals surface area (Å²) in [4.78, 5) is 0. The van der Waals surface area contributed by atoms with E-state index in [-0.39, 0.29) is 6.04 Å². The zero-order chi connectivity index (χ0) is 14.7. The molecule has 1 fully saturated rings. The van der Waals surface area contributed by atoms with Crippen molar-refractivity contribution in [2.75, 3.05) is 7.11 Å². The van der Waals surface area contributed by atoms with Gasteiger partial charge in [-0.2, -0.15) is 0 Å². The Bertz CT molecular complexity index is 602. The number of ether oxygens (including phenoxy) is 1. The molecule has 2 aromatic carbocycles. The van der Waals surface area contributed by atoms with Crippen molar-refractivity contribution in [2.24, 2.45) is 11.7 Å². The molecule has 2 aromatic rings. The Morgan fingerprint density at radius 3 is 2.57 bits per heavy atom. The van der Waals surface area contributed by atoms with Crippen LogP contribution in [0.25, 0.3) is 10.8 Å². The molecule has 21 heavy (non-hydrogen) atoms. The van der Waals surface area contributed by atoms with Gasteiger partial charge in [0, 0.05) is 6.04 Å². The molecule has 112 valence electrons. The van der Waals surface area contributed by atoms with E-state index in [0.717, 1.165) is 18.1 Å². The largest absolute Gasteiger partial charge is 0.497 e. The highest BCUT2D eigenvalue weighted by Crippen LogP contribution is 2.31. The van der Waals surface area contributed by atoms with Crippen LogP contribution >= 0.6 is 0 Å². The second-order valence-electron chi connectivity index (χ2n) is 6.31. The van der Waals surface area contributed by atoms with Crippen molar-refractivity contribution in [1.29, 1.82) is 0 Å². The summed E-state index contributed by atoms with van der Waals surface area (Å²) < 4.78 is 5.27. The summed E-state index contributed by atoms with van der Waals surface area (Å²) in [7, 11) is 1.70. The standard InChI is InChI=1S/C19H25NO/c1-21-18-10-9-15-12-17(8-7-16(15)13-18)19(20)11-6-14-4-2-3-5-14/h7-10,12-14,19H,2-6,11,20H2,1H3. The van der Waals surface area contributed by atoms with E-state index in [9.17, 15) is 0 Å². The van der Waals surface area contributed by atoms with Gasteiger partial charge in [-0.15, -0.1) is 0 Å². The summed E-state index contributed by atoms with van der Waals surface area (Å²) in [5.41, 5.74) is 7.65. The minimum atomic E-state index is 0.164. The predicted molar refractivity (Wildman–Crippen MR) is 88.6 cm³/mol. The summed E-state index contributed by atoms with van der Waals surface area (Å²) in [5, 5.41) is 2.45. The normalized spacial score (nSPS) is 17.2. The van der Waals surface area contributed by atoms with Gasteiger partial charge in [0.05, 0.1) is 7.11 Å². The molecule has 2 heteroatoms. The van der Waals surface area contributed by atoms with Crippen LogP contribution in [0.3, 0.4) is 0 Å². The van der Waals surface area contributed by atoms with E-state index in [2.05, 4.69) is 30.3 Å². The van der Waals surface area contributed by atoms with Crippen molar-refractivity contribution < 1.29 is 4.74 Å². The number of nitrogens with two attached hydrogens (primary N) is 1. The van der Waals surface area contributed by atoms with Crippen molar-refractivity contribution >= 4 is 10.8 Å². The van der Waals surface area contributed by atoms with Crippen LogP contribution in [0.4, 0.5) is 0 Å². The molecule has 0 amide bonds. The lowest BCUT2D eigenvalue weighted by Crippen LogP contribution is -2.11. The third-order valence-corrected chi connectivity index (χ3v) is 4.86. The van der Waals surface area contributed by atoms with Gasteiger partial charge in [0.15, 0.2) is 0 Å². The van der Waals surface area contributed by atoms with E-state index in [1.165, 1.54) is 48.4 Å². The molecule has 0 bridgehead atoms. The molecule has 0 radical (unpaired) electrons. The van der Waals surface area contributed by atoms with E-state index < -0.39 is 0 Å². The average Bonchev–Trinajstić information content (AvgIpc) is 3.05. The SMILES string of the molecule is COc1ccc2cc(C(N)CCC3CCCC3)ccc2c1. The zero-order valence-corrected chi connectivity index (χ0v) is 12.8. The molecule has 1 atom stereocenters. The van der Waals surface area contributed by atoms with Crippen LogP contribution in [0.1, 0.15) is 50.1 Å². The Kier molecular flexibility index (Phi) is 4.45. The predicted octanol–water partition coefficient (Wildman–Crippen LogP) is 4.82. The van der Waals surface area contributed by atoms with Crippen LogP contribution in [-0.4, -0.2) is 7.11 Å². The number of hydrogen-bond acceptors (Lipinski definition) is 2. The second-order valence-corrected chi connectivity index (χ2v) is 6.31. The smallest absolute Gasteiger partial charge is 0.119 e. The first-order chi connectivity index (χ1) is 10.3. The molecule has 0 spiro atoms. The molecular formula is C19H25NO. The fourth-order valence-corrected chi connectivity index (χ4v) is 3.48. The Balaban J connectivity index is 1.70. The van der Waals surface area contributed by atoms with Crippen molar-refractivity contribution in [3.8, 4) is 5.75 Å². The highest BCUT2D eigenvalue weighted by Gasteiger charge is 2.16. The Labute approximate surface area is 127 Å². The molecule has 3 rings (SSSR count). The van der Waals surface area contributed by atoms with Crippen LogP contribution in [-0.2, 0) is 0 Å². The lowest BCUT2D eigenvalue weighted by molar-refractivity contribution is 0.415. The van der Waals surface area contributed by atoms with Gasteiger partial charge in [0.25, 0.3) is 0 Å². The van der Waals surface area contributed by atoms with E-state index in [1.54, 1.807) is 7.11 Å². The van der Waals surface area contributed by atoms with Gasteiger partial charge in [0.1, 0.15) is 5.75 Å². The van der Waals surface area contributed by atoms with E-state index >= 15 is 0 Å². The Morgan fingerprint density at radius 2 is 1.81 bits per heavy atom. The number of hydrogen-bond donors (Lipinski definition) is 1. The topological polar surface area (TPSA) is 35.2 Å². The maximum absolute atomic E-state index is 6.40. The second kappa shape index (κ2) is 6.48. The third-order valence-electron chi connectivity index (χ3n) is 4.86. The zero-order valence-electron chi connectivity index (χ0n) is 12.8. The first-order valence-electron chi connectivity index (χ1n) is 8.09. The van der Waals surface area contributed by atoms with Crippen LogP contribution < -0.4 is 10.5 Å². The summed E-state index contributed by atoms with van der Waals surface area (Å²) in [6.07, 6.45) is 8.03. The van der Waals surface area contributed by atoms with Gasteiger partial charge >= 0.3 is 0 Å². The number of benzene rings is 2. The van der Waals surface area contributed by atoms with Crippen molar-refractivity contribution in [1.82, 2.24) is 0 Å². The van der Waals surface area contributed by atoms with Gasteiger partial charge in [-0.1, -0.05) is 43.9 Å². The van der Waals surface area contributed by atoms with E-state index in [0.29, 0.717) is 0 Å². The fourth-order valence-electron chi connectivity index (χ4n) is 3.48. The van der Waals surface area contributed by atoms with Gasteiger partial charge in [-0.3, -0.25) is 0 Å². The van der Waals surface area contributed by atoms with Gasteiger partial charge in [-0.05, 0) is 53.3 Å².